The van der Waals surface area contributed by atoms with Gasteiger partial charge in [-0.15, -0.1) is 5.10 Å². The van der Waals surface area contributed by atoms with Crippen molar-refractivity contribution < 1.29 is 14.3 Å². The lowest BCUT2D eigenvalue weighted by Crippen LogP contribution is -2.53. The molecule has 0 spiro atoms. The molecule has 2 fully saturated rings. The third-order valence-corrected chi connectivity index (χ3v) is 8.89. The van der Waals surface area contributed by atoms with Gasteiger partial charge in [0.1, 0.15) is 34.6 Å². The minimum atomic E-state index is 0.0386. The molecule has 0 radical (unpaired) electrons. The summed E-state index contributed by atoms with van der Waals surface area (Å²) in [6.45, 7) is 5.71. The number of carbonyl (C=O) groups excluding carboxylic acids is 1. The van der Waals surface area contributed by atoms with Crippen LogP contribution in [0.3, 0.4) is 0 Å². The van der Waals surface area contributed by atoms with E-state index in [2.05, 4.69) is 43.1 Å². The third kappa shape index (κ3) is 4.97. The number of piperidine rings is 2. The number of rotatable bonds is 7. The Labute approximate surface area is 254 Å². The summed E-state index contributed by atoms with van der Waals surface area (Å²) >= 11 is 0. The lowest BCUT2D eigenvalue weighted by Gasteiger charge is -2.48. The quantitative estimate of drug-likeness (QED) is 0.229. The Balaban J connectivity index is 1.16. The monoisotopic (exact) mass is 590 g/mol. The van der Waals surface area contributed by atoms with Crippen LogP contribution in [0.2, 0.25) is 0 Å². The second-order valence-electron chi connectivity index (χ2n) is 11.6. The lowest BCUT2D eigenvalue weighted by molar-refractivity contribution is -0.135. The normalized spacial score (nSPS) is 19.6. The number of amides is 1. The maximum atomic E-state index is 12.6. The fraction of sp³-hybridized carbons (Fsp3) is 0.333. The van der Waals surface area contributed by atoms with Gasteiger partial charge in [-0.05, 0) is 81.0 Å². The molecular formula is C33H34N8O3. The molecule has 11 heteroatoms. The molecule has 44 heavy (non-hydrogen) atoms. The number of fused-ring (bicyclic) bond motifs is 4. The molecule has 0 aliphatic carbocycles. The van der Waals surface area contributed by atoms with E-state index in [0.717, 1.165) is 65.6 Å². The van der Waals surface area contributed by atoms with Crippen LogP contribution in [-0.2, 0) is 11.8 Å². The number of nitrogens with one attached hydrogen (secondary N) is 1. The summed E-state index contributed by atoms with van der Waals surface area (Å²) in [4.78, 5) is 28.8. The van der Waals surface area contributed by atoms with Crippen molar-refractivity contribution in [1.82, 2.24) is 34.8 Å². The number of nitrogens with zero attached hydrogens (tertiary/aromatic N) is 7. The highest BCUT2D eigenvalue weighted by atomic mass is 16.5. The van der Waals surface area contributed by atoms with Gasteiger partial charge in [0.2, 0.25) is 5.91 Å². The van der Waals surface area contributed by atoms with Crippen molar-refractivity contribution >= 4 is 39.5 Å². The smallest absolute Gasteiger partial charge is 0.246 e. The average Bonchev–Trinajstić information content (AvgIpc) is 3.40. The van der Waals surface area contributed by atoms with E-state index < -0.39 is 0 Å². The SMILES string of the molecule is C=CC(=O)N1C2CCCC1CC(c1ccc3ncnc(Nc4cc(C)c(Oc5ccc6c(c5)nnn6C)cc4OC)c3n1)C2. The summed E-state index contributed by atoms with van der Waals surface area (Å²) in [6.07, 6.45) is 7.95. The molecule has 11 nitrogen and oxygen atoms in total. The highest BCUT2D eigenvalue weighted by Gasteiger charge is 2.40. The first kappa shape index (κ1) is 27.8. The first-order chi connectivity index (χ1) is 21.4. The van der Waals surface area contributed by atoms with Crippen LogP contribution in [0.1, 0.15) is 49.3 Å². The number of methoxy groups -OCH3 is 1. The fourth-order valence-electron chi connectivity index (χ4n) is 6.75. The van der Waals surface area contributed by atoms with E-state index in [4.69, 9.17) is 14.5 Å². The van der Waals surface area contributed by atoms with Crippen LogP contribution in [-0.4, -0.2) is 59.9 Å². The van der Waals surface area contributed by atoms with Crippen LogP contribution >= 0.6 is 0 Å². The second kappa shape index (κ2) is 11.2. The van der Waals surface area contributed by atoms with E-state index in [-0.39, 0.29) is 23.9 Å². The largest absolute Gasteiger partial charge is 0.494 e. The number of pyridine rings is 1. The Morgan fingerprint density at radius 2 is 1.86 bits per heavy atom. The maximum absolute atomic E-state index is 12.6. The highest BCUT2D eigenvalue weighted by molar-refractivity contribution is 5.89. The molecule has 5 heterocycles. The molecule has 2 unspecified atom stereocenters. The average molecular weight is 591 g/mol. The number of aryl methyl sites for hydroxylation is 2. The molecule has 224 valence electrons. The first-order valence-electron chi connectivity index (χ1n) is 14.9. The lowest BCUT2D eigenvalue weighted by atomic mass is 9.77. The van der Waals surface area contributed by atoms with Crippen molar-refractivity contribution in [1.29, 1.82) is 0 Å². The topological polar surface area (TPSA) is 120 Å². The molecule has 2 aliphatic rings. The predicted molar refractivity (Wildman–Crippen MR) is 167 cm³/mol. The van der Waals surface area contributed by atoms with Crippen molar-refractivity contribution in [2.75, 3.05) is 12.4 Å². The van der Waals surface area contributed by atoms with Gasteiger partial charge >= 0.3 is 0 Å². The van der Waals surface area contributed by atoms with Crippen LogP contribution in [0.4, 0.5) is 11.5 Å². The second-order valence-corrected chi connectivity index (χ2v) is 11.6. The van der Waals surface area contributed by atoms with E-state index in [0.29, 0.717) is 28.6 Å². The van der Waals surface area contributed by atoms with E-state index >= 15 is 0 Å². The Bertz CT molecular complexity index is 1890. The summed E-state index contributed by atoms with van der Waals surface area (Å²) in [5, 5.41) is 11.7. The summed E-state index contributed by atoms with van der Waals surface area (Å²) in [6, 6.07) is 14.0. The number of hydrogen-bond donors (Lipinski definition) is 1. The van der Waals surface area contributed by atoms with Crippen molar-refractivity contribution in [3.8, 4) is 17.2 Å². The van der Waals surface area contributed by atoms with Crippen LogP contribution in [0, 0.1) is 6.92 Å². The Hall–Kier alpha value is -5.06. The molecule has 5 aromatic rings. The molecule has 1 amide bonds. The van der Waals surface area contributed by atoms with Crippen molar-refractivity contribution in [3.05, 3.63) is 72.7 Å². The Morgan fingerprint density at radius 3 is 2.64 bits per heavy atom. The molecular weight excluding hydrogens is 556 g/mol. The molecule has 2 atom stereocenters. The van der Waals surface area contributed by atoms with Gasteiger partial charge in [-0.3, -0.25) is 4.79 Å². The fourth-order valence-corrected chi connectivity index (χ4v) is 6.75. The van der Waals surface area contributed by atoms with Gasteiger partial charge in [0, 0.05) is 42.9 Å². The number of aromatic nitrogens is 6. The summed E-state index contributed by atoms with van der Waals surface area (Å²) in [7, 11) is 3.48. The van der Waals surface area contributed by atoms with E-state index in [1.807, 2.05) is 50.4 Å². The number of ether oxygens (including phenoxy) is 2. The maximum Gasteiger partial charge on any atom is 0.246 e. The van der Waals surface area contributed by atoms with Gasteiger partial charge in [0.05, 0.1) is 23.8 Å². The molecule has 3 aromatic heterocycles. The molecule has 2 aromatic carbocycles. The van der Waals surface area contributed by atoms with Crippen molar-refractivity contribution in [2.45, 2.75) is 57.0 Å². The zero-order valence-corrected chi connectivity index (χ0v) is 25.0. The Morgan fingerprint density at radius 1 is 1.05 bits per heavy atom. The van der Waals surface area contributed by atoms with E-state index in [1.54, 1.807) is 11.8 Å². The predicted octanol–water partition coefficient (Wildman–Crippen LogP) is 5.97. The number of benzene rings is 2. The third-order valence-electron chi connectivity index (χ3n) is 8.89. The van der Waals surface area contributed by atoms with E-state index in [1.165, 1.54) is 12.4 Å². The van der Waals surface area contributed by atoms with E-state index in [9.17, 15) is 4.79 Å². The zero-order valence-electron chi connectivity index (χ0n) is 25.0. The minimum absolute atomic E-state index is 0.0386. The highest BCUT2D eigenvalue weighted by Crippen LogP contribution is 2.42. The number of anilines is 2. The van der Waals surface area contributed by atoms with Gasteiger partial charge < -0.3 is 19.7 Å². The van der Waals surface area contributed by atoms with Gasteiger partial charge in [-0.1, -0.05) is 11.8 Å². The van der Waals surface area contributed by atoms with Crippen molar-refractivity contribution in [2.24, 2.45) is 7.05 Å². The molecule has 7 rings (SSSR count). The molecule has 0 saturated carbocycles. The zero-order chi connectivity index (χ0) is 30.4. The molecule has 2 aliphatic heterocycles. The van der Waals surface area contributed by atoms with Crippen molar-refractivity contribution in [3.63, 3.8) is 0 Å². The number of carbonyl (C=O) groups is 1. The summed E-state index contributed by atoms with van der Waals surface area (Å²) < 4.78 is 13.7. The first-order valence-corrected chi connectivity index (χ1v) is 14.9. The van der Waals surface area contributed by atoms with Crippen LogP contribution in [0.25, 0.3) is 22.1 Å². The van der Waals surface area contributed by atoms with Gasteiger partial charge in [-0.25, -0.2) is 19.6 Å². The van der Waals surface area contributed by atoms with Crippen LogP contribution in [0.15, 0.2) is 61.4 Å². The van der Waals surface area contributed by atoms with Gasteiger partial charge in [0.15, 0.2) is 5.82 Å². The van der Waals surface area contributed by atoms with Gasteiger partial charge in [0.25, 0.3) is 0 Å². The standard InChI is InChI=1S/C33H34N8O3/c1-5-31(42)41-21-7-6-8-22(41)15-20(14-21)24-10-11-25-32(36-24)33(35-18-34-25)37-27-13-19(2)29(17-30(27)43-4)44-23-9-12-28-26(16-23)38-39-40(28)3/h5,9-13,16-18,20-22H,1,6-8,14-15H2,2-4H3,(H,34,35,37). The summed E-state index contributed by atoms with van der Waals surface area (Å²) in [5.74, 6) is 2.81. The molecule has 2 saturated heterocycles. The molecule has 2 bridgehead atoms. The van der Waals surface area contributed by atoms with Crippen LogP contribution < -0.4 is 14.8 Å². The number of hydrogen-bond acceptors (Lipinski definition) is 9. The minimum Gasteiger partial charge on any atom is -0.494 e. The summed E-state index contributed by atoms with van der Waals surface area (Å²) in [5.41, 5.74) is 5.78. The molecule has 1 N–H and O–H groups in total. The Kier molecular flexibility index (Phi) is 7.07. The van der Waals surface area contributed by atoms with Crippen LogP contribution in [0.5, 0.6) is 17.2 Å². The van der Waals surface area contributed by atoms with Gasteiger partial charge in [-0.2, -0.15) is 0 Å².